The number of rotatable bonds is 26. The Morgan fingerprint density at radius 3 is 1.12 bits per heavy atom. The first-order valence-corrected chi connectivity index (χ1v) is 15.4. The van der Waals surface area contributed by atoms with Gasteiger partial charge in [0.2, 0.25) is 29.5 Å². The minimum absolute atomic E-state index is 0.144. The van der Waals surface area contributed by atoms with Crippen molar-refractivity contribution in [2.45, 2.75) is 115 Å². The van der Waals surface area contributed by atoms with Gasteiger partial charge < -0.3 is 52.7 Å². The summed E-state index contributed by atoms with van der Waals surface area (Å²) >= 11 is 0. The Balaban J connectivity index is 4.79. The molecule has 2 unspecified atom stereocenters. The lowest BCUT2D eigenvalue weighted by Gasteiger charge is -2.18. The molecule has 0 rings (SSSR count). The van der Waals surface area contributed by atoms with E-state index in [1.165, 1.54) is 6.92 Å². The van der Waals surface area contributed by atoms with E-state index in [1.54, 1.807) is 0 Å². The molecular formula is C29H46N6O14. The topological polar surface area (TPSA) is 338 Å². The smallest absolute Gasteiger partial charge is 0.326 e. The summed E-state index contributed by atoms with van der Waals surface area (Å²) in [6.45, 7) is 2.73. The zero-order chi connectivity index (χ0) is 37.7. The van der Waals surface area contributed by atoms with Crippen molar-refractivity contribution in [3.63, 3.8) is 0 Å². The van der Waals surface area contributed by atoms with E-state index in [0.717, 1.165) is 6.92 Å². The van der Waals surface area contributed by atoms with Gasteiger partial charge in [0.15, 0.2) is 0 Å². The van der Waals surface area contributed by atoms with Gasteiger partial charge in [0, 0.05) is 39.2 Å². The number of amides is 5. The van der Waals surface area contributed by atoms with Crippen LogP contribution in [-0.2, 0) is 47.9 Å². The van der Waals surface area contributed by atoms with Crippen molar-refractivity contribution in [3.05, 3.63) is 0 Å². The van der Waals surface area contributed by atoms with E-state index < -0.39 is 116 Å². The van der Waals surface area contributed by atoms with Crippen LogP contribution in [-0.4, -0.2) is 116 Å². The second kappa shape index (κ2) is 23.2. The average Bonchev–Trinajstić information content (AvgIpc) is 3.00. The Morgan fingerprint density at radius 2 is 0.816 bits per heavy atom. The number of hydrogen-bond donors (Lipinski definition) is 10. The molecule has 0 aromatic heterocycles. The normalized spacial score (nSPS) is 13.7. The van der Waals surface area contributed by atoms with E-state index in [9.17, 15) is 63.3 Å². The maximum absolute atomic E-state index is 12.4. The molecule has 0 aliphatic rings. The van der Waals surface area contributed by atoms with Crippen LogP contribution in [0, 0.1) is 0 Å². The molecule has 0 saturated heterocycles. The fourth-order valence-corrected chi connectivity index (χ4v) is 4.18. The number of hydrogen-bond acceptors (Lipinski definition) is 11. The zero-order valence-electron chi connectivity index (χ0n) is 27.3. The molecule has 0 fully saturated rings. The van der Waals surface area contributed by atoms with E-state index in [2.05, 4.69) is 26.6 Å². The highest BCUT2D eigenvalue weighted by Crippen LogP contribution is 2.06. The number of carboxylic acid groups (broad SMARTS) is 4. The number of carbonyl (C=O) groups is 10. The summed E-state index contributed by atoms with van der Waals surface area (Å²) in [6.07, 6.45) is -1.76. The summed E-state index contributed by atoms with van der Waals surface area (Å²) in [5, 5.41) is 48.5. The van der Waals surface area contributed by atoms with Crippen LogP contribution in [0.25, 0.3) is 0 Å². The lowest BCUT2D eigenvalue weighted by molar-refractivity contribution is -0.144. The predicted octanol–water partition coefficient (Wildman–Crippen LogP) is -2.39. The van der Waals surface area contributed by atoms with Crippen LogP contribution in [0.4, 0.5) is 0 Å². The molecule has 0 aromatic rings. The molecule has 0 bridgehead atoms. The maximum Gasteiger partial charge on any atom is 0.326 e. The van der Waals surface area contributed by atoms with Gasteiger partial charge in [0.1, 0.15) is 30.0 Å². The fourth-order valence-electron chi connectivity index (χ4n) is 4.18. The molecule has 20 nitrogen and oxygen atoms in total. The summed E-state index contributed by atoms with van der Waals surface area (Å²) in [6, 6.07) is -6.64. The van der Waals surface area contributed by atoms with E-state index in [4.69, 9.17) is 10.8 Å². The molecule has 0 heterocycles. The minimum Gasteiger partial charge on any atom is -0.480 e. The van der Waals surface area contributed by atoms with Gasteiger partial charge in [0.05, 0.1) is 6.04 Å². The molecule has 0 saturated carbocycles. The number of unbranched alkanes of at least 4 members (excludes halogenated alkanes) is 1. The Kier molecular flexibility index (Phi) is 20.8. The van der Waals surface area contributed by atoms with E-state index in [0.29, 0.717) is 19.3 Å². The average molecular weight is 703 g/mol. The Hall–Kier alpha value is -5.14. The molecule has 276 valence electrons. The number of Topliss-reactive ketones (excluding diaryl/α,β-unsaturated/α-hetero) is 1. The molecular weight excluding hydrogens is 656 g/mol. The standard InChI is InChI=1S/C29H46N6O14/c1-15(36)17(30)5-3-4-14-31-22(38)10-6-19(27(44)45)33-24(40)12-8-21(29(48)49)35-25(41)13-9-20(28(46)47)34-23(39)11-7-18(26(42)43)32-16(2)37/h17-21H,3-14,30H2,1-2H3,(H,31,38)(H,32,37)(H,33,40)(H,34,39)(H,35,41)(H,42,43)(H,44,45)(H,46,47)(H,48,49)/t17-,18?,19-,20-,21?/m0/s1. The maximum atomic E-state index is 12.4. The molecule has 0 aliphatic carbocycles. The highest BCUT2D eigenvalue weighted by atomic mass is 16.4. The lowest BCUT2D eigenvalue weighted by Crippen LogP contribution is -2.45. The number of nitrogens with two attached hydrogens (primary N) is 1. The van der Waals surface area contributed by atoms with Crippen LogP contribution in [0.2, 0.25) is 0 Å². The molecule has 0 aromatic carbocycles. The van der Waals surface area contributed by atoms with Crippen LogP contribution in [0.1, 0.15) is 84.5 Å². The van der Waals surface area contributed by atoms with Gasteiger partial charge in [0.25, 0.3) is 0 Å². The summed E-state index contributed by atoms with van der Waals surface area (Å²) < 4.78 is 0. The Bertz CT molecular complexity index is 1230. The highest BCUT2D eigenvalue weighted by molar-refractivity contribution is 5.88. The summed E-state index contributed by atoms with van der Waals surface area (Å²) in [5.74, 6) is -9.83. The van der Waals surface area contributed by atoms with Gasteiger partial charge in [-0.1, -0.05) is 0 Å². The number of ketones is 1. The molecule has 20 heteroatoms. The molecule has 5 atom stereocenters. The highest BCUT2D eigenvalue weighted by Gasteiger charge is 2.27. The van der Waals surface area contributed by atoms with E-state index in [-0.39, 0.29) is 31.6 Å². The van der Waals surface area contributed by atoms with Crippen molar-refractivity contribution >= 4 is 59.2 Å². The second-order valence-corrected chi connectivity index (χ2v) is 11.2. The quantitative estimate of drug-likeness (QED) is 0.0420. The molecule has 5 amide bonds. The van der Waals surface area contributed by atoms with Crippen molar-refractivity contribution in [2.75, 3.05) is 6.54 Å². The van der Waals surface area contributed by atoms with E-state index >= 15 is 0 Å². The predicted molar refractivity (Wildman–Crippen MR) is 166 cm³/mol. The SMILES string of the molecule is CC(=O)NC(CCC(=O)N[C@@H](CCC(=O)NC(CCC(=O)N[C@@H](CCC(=O)NCCCC[C@H](N)C(C)=O)C(=O)O)C(=O)O)C(=O)O)C(=O)O. The first-order chi connectivity index (χ1) is 22.8. The summed E-state index contributed by atoms with van der Waals surface area (Å²) in [5.41, 5.74) is 5.63. The summed E-state index contributed by atoms with van der Waals surface area (Å²) in [7, 11) is 0. The van der Waals surface area contributed by atoms with Gasteiger partial charge in [-0.15, -0.1) is 0 Å². The zero-order valence-corrected chi connectivity index (χ0v) is 27.3. The van der Waals surface area contributed by atoms with Crippen LogP contribution < -0.4 is 32.3 Å². The van der Waals surface area contributed by atoms with Crippen molar-refractivity contribution in [1.29, 1.82) is 0 Å². The Morgan fingerprint density at radius 1 is 0.490 bits per heavy atom. The fraction of sp³-hybridized carbons (Fsp3) is 0.655. The summed E-state index contributed by atoms with van der Waals surface area (Å²) in [4.78, 5) is 117. The molecule has 49 heavy (non-hydrogen) atoms. The first kappa shape index (κ1) is 43.9. The molecule has 0 radical (unpaired) electrons. The monoisotopic (exact) mass is 702 g/mol. The third-order valence-electron chi connectivity index (χ3n) is 7.00. The molecule has 11 N–H and O–H groups in total. The second-order valence-electron chi connectivity index (χ2n) is 11.2. The Labute approximate surface area is 281 Å². The number of carboxylic acids is 4. The van der Waals surface area contributed by atoms with Gasteiger partial charge in [-0.25, -0.2) is 19.2 Å². The van der Waals surface area contributed by atoms with Gasteiger partial charge in [-0.05, 0) is 51.9 Å². The number of aliphatic carboxylic acids is 4. The third kappa shape index (κ3) is 20.7. The lowest BCUT2D eigenvalue weighted by atomic mass is 10.1. The van der Waals surface area contributed by atoms with Crippen LogP contribution >= 0.6 is 0 Å². The van der Waals surface area contributed by atoms with Crippen molar-refractivity contribution in [2.24, 2.45) is 5.73 Å². The van der Waals surface area contributed by atoms with Crippen molar-refractivity contribution in [3.8, 4) is 0 Å². The van der Waals surface area contributed by atoms with Gasteiger partial charge in [-0.2, -0.15) is 0 Å². The van der Waals surface area contributed by atoms with Crippen molar-refractivity contribution < 1.29 is 68.4 Å². The van der Waals surface area contributed by atoms with Crippen LogP contribution in [0.15, 0.2) is 0 Å². The van der Waals surface area contributed by atoms with Gasteiger partial charge in [-0.3, -0.25) is 28.8 Å². The number of nitrogens with one attached hydrogen (secondary N) is 5. The van der Waals surface area contributed by atoms with E-state index in [1.807, 2.05) is 0 Å². The van der Waals surface area contributed by atoms with Gasteiger partial charge >= 0.3 is 23.9 Å². The van der Waals surface area contributed by atoms with Crippen LogP contribution in [0.3, 0.4) is 0 Å². The van der Waals surface area contributed by atoms with Crippen LogP contribution in [0.5, 0.6) is 0 Å². The largest absolute Gasteiger partial charge is 0.480 e. The third-order valence-corrected chi connectivity index (χ3v) is 7.00. The van der Waals surface area contributed by atoms with Crippen molar-refractivity contribution in [1.82, 2.24) is 26.6 Å². The molecule has 0 aliphatic heterocycles. The minimum atomic E-state index is -1.61. The number of carbonyl (C=O) groups excluding carboxylic acids is 6. The molecule has 0 spiro atoms. The first-order valence-electron chi connectivity index (χ1n) is 15.4.